The third-order valence-electron chi connectivity index (χ3n) is 3.94. The molecule has 0 aliphatic carbocycles. The van der Waals surface area contributed by atoms with Crippen molar-refractivity contribution in [1.29, 1.82) is 0 Å². The van der Waals surface area contributed by atoms with Gasteiger partial charge in [0, 0.05) is 39.1 Å². The maximum Gasteiger partial charge on any atom is 0.222 e. The Balaban J connectivity index is 0.00000220. The molecule has 0 spiro atoms. The molecular formula is C13H26ClN3O3S. The normalized spacial score (nSPS) is 20.9. The SMILES string of the molecule is Cl.O=C(CCCS(=O)(=O)N1CCCC1)N1CCCNCC1. The summed E-state index contributed by atoms with van der Waals surface area (Å²) in [5.41, 5.74) is 0. The zero-order chi connectivity index (χ0) is 14.4. The van der Waals surface area contributed by atoms with Crippen molar-refractivity contribution in [3.8, 4) is 0 Å². The Morgan fingerprint density at radius 2 is 1.71 bits per heavy atom. The largest absolute Gasteiger partial charge is 0.341 e. The summed E-state index contributed by atoms with van der Waals surface area (Å²) in [5.74, 6) is 0.190. The van der Waals surface area contributed by atoms with Crippen LogP contribution >= 0.6 is 12.4 Å². The van der Waals surface area contributed by atoms with Gasteiger partial charge in [-0.3, -0.25) is 4.79 Å². The van der Waals surface area contributed by atoms with Crippen LogP contribution in [0.5, 0.6) is 0 Å². The zero-order valence-corrected chi connectivity index (χ0v) is 14.1. The van der Waals surface area contributed by atoms with Crippen LogP contribution in [0.3, 0.4) is 0 Å². The Morgan fingerprint density at radius 1 is 1.00 bits per heavy atom. The van der Waals surface area contributed by atoms with Gasteiger partial charge in [0.1, 0.15) is 0 Å². The molecule has 0 unspecified atom stereocenters. The van der Waals surface area contributed by atoms with Crippen LogP contribution in [0.15, 0.2) is 0 Å². The van der Waals surface area contributed by atoms with Gasteiger partial charge >= 0.3 is 0 Å². The molecule has 0 bridgehead atoms. The van der Waals surface area contributed by atoms with Gasteiger partial charge in [-0.25, -0.2) is 12.7 Å². The highest BCUT2D eigenvalue weighted by atomic mass is 35.5. The van der Waals surface area contributed by atoms with Crippen molar-refractivity contribution in [2.75, 3.05) is 45.0 Å². The molecule has 2 fully saturated rings. The predicted octanol–water partition coefficient (Wildman–Crippen LogP) is 0.436. The Morgan fingerprint density at radius 3 is 2.43 bits per heavy atom. The van der Waals surface area contributed by atoms with Gasteiger partial charge in [0.25, 0.3) is 0 Å². The standard InChI is InChI=1S/C13H25N3O3S.ClH/c17-13(15-8-4-6-14-7-11-15)5-3-12-20(18,19)16-9-1-2-10-16;/h14H,1-12H2;1H. The number of hydrogen-bond acceptors (Lipinski definition) is 4. The summed E-state index contributed by atoms with van der Waals surface area (Å²) in [7, 11) is -3.14. The summed E-state index contributed by atoms with van der Waals surface area (Å²) < 4.78 is 25.6. The maximum absolute atomic E-state index is 12.0. The van der Waals surface area contributed by atoms with Crippen molar-refractivity contribution in [2.24, 2.45) is 0 Å². The van der Waals surface area contributed by atoms with E-state index in [1.54, 1.807) is 4.31 Å². The molecule has 8 heteroatoms. The quantitative estimate of drug-likeness (QED) is 0.789. The maximum atomic E-state index is 12.0. The van der Waals surface area contributed by atoms with E-state index in [1.807, 2.05) is 4.90 Å². The van der Waals surface area contributed by atoms with Gasteiger partial charge in [0.05, 0.1) is 5.75 Å². The van der Waals surface area contributed by atoms with Crippen molar-refractivity contribution in [2.45, 2.75) is 32.1 Å². The molecule has 6 nitrogen and oxygen atoms in total. The van der Waals surface area contributed by atoms with Crippen LogP contribution in [0.2, 0.25) is 0 Å². The van der Waals surface area contributed by atoms with E-state index < -0.39 is 10.0 Å². The minimum absolute atomic E-state index is 0. The van der Waals surface area contributed by atoms with Crippen LogP contribution in [-0.4, -0.2) is 68.6 Å². The van der Waals surface area contributed by atoms with E-state index in [0.717, 1.165) is 45.4 Å². The molecule has 2 rings (SSSR count). The monoisotopic (exact) mass is 339 g/mol. The number of sulfonamides is 1. The van der Waals surface area contributed by atoms with E-state index in [1.165, 1.54) is 0 Å². The van der Waals surface area contributed by atoms with Gasteiger partial charge in [0.15, 0.2) is 0 Å². The van der Waals surface area contributed by atoms with Crippen LogP contribution in [0, 0.1) is 0 Å². The van der Waals surface area contributed by atoms with Gasteiger partial charge < -0.3 is 10.2 Å². The third-order valence-corrected chi connectivity index (χ3v) is 5.90. The van der Waals surface area contributed by atoms with Crippen LogP contribution in [0.1, 0.15) is 32.1 Å². The number of amides is 1. The molecule has 0 atom stereocenters. The molecule has 2 saturated heterocycles. The topological polar surface area (TPSA) is 69.7 Å². The predicted molar refractivity (Wildman–Crippen MR) is 85.1 cm³/mol. The number of hydrogen-bond donors (Lipinski definition) is 1. The van der Waals surface area contributed by atoms with Crippen molar-refractivity contribution >= 4 is 28.3 Å². The van der Waals surface area contributed by atoms with Gasteiger partial charge in [-0.15, -0.1) is 12.4 Å². The molecule has 1 N–H and O–H groups in total. The fraction of sp³-hybridized carbons (Fsp3) is 0.923. The Hall–Kier alpha value is -0.370. The summed E-state index contributed by atoms with van der Waals surface area (Å²) in [4.78, 5) is 13.9. The first-order valence-electron chi connectivity index (χ1n) is 7.56. The van der Waals surface area contributed by atoms with Gasteiger partial charge in [-0.05, 0) is 32.2 Å². The second kappa shape index (κ2) is 8.92. The lowest BCUT2D eigenvalue weighted by Crippen LogP contribution is -2.35. The van der Waals surface area contributed by atoms with Crippen molar-refractivity contribution in [3.05, 3.63) is 0 Å². The summed E-state index contributed by atoms with van der Waals surface area (Å²) in [6.45, 7) is 4.59. The van der Waals surface area contributed by atoms with Gasteiger partial charge in [-0.1, -0.05) is 0 Å². The minimum atomic E-state index is -3.14. The molecule has 0 radical (unpaired) electrons. The number of halogens is 1. The molecular weight excluding hydrogens is 314 g/mol. The highest BCUT2D eigenvalue weighted by molar-refractivity contribution is 7.89. The van der Waals surface area contributed by atoms with E-state index in [-0.39, 0.29) is 24.1 Å². The van der Waals surface area contributed by atoms with Crippen molar-refractivity contribution in [1.82, 2.24) is 14.5 Å². The van der Waals surface area contributed by atoms with Crippen LogP contribution in [-0.2, 0) is 14.8 Å². The first kappa shape index (κ1) is 18.7. The Labute approximate surface area is 133 Å². The summed E-state index contributed by atoms with van der Waals surface area (Å²) in [6, 6.07) is 0. The van der Waals surface area contributed by atoms with Gasteiger partial charge in [0.2, 0.25) is 15.9 Å². The lowest BCUT2D eigenvalue weighted by atomic mass is 10.3. The second-order valence-corrected chi connectivity index (χ2v) is 7.60. The number of carbonyl (C=O) groups is 1. The molecule has 1 amide bonds. The minimum Gasteiger partial charge on any atom is -0.341 e. The van der Waals surface area contributed by atoms with E-state index in [9.17, 15) is 13.2 Å². The highest BCUT2D eigenvalue weighted by Gasteiger charge is 2.25. The number of nitrogens with zero attached hydrogens (tertiary/aromatic N) is 2. The molecule has 0 aromatic rings. The third kappa shape index (κ3) is 5.73. The van der Waals surface area contributed by atoms with Gasteiger partial charge in [-0.2, -0.15) is 0 Å². The zero-order valence-electron chi connectivity index (χ0n) is 12.4. The summed E-state index contributed by atoms with van der Waals surface area (Å²) in [6.07, 6.45) is 3.66. The molecule has 2 heterocycles. The smallest absolute Gasteiger partial charge is 0.222 e. The van der Waals surface area contributed by atoms with Crippen LogP contribution in [0.25, 0.3) is 0 Å². The first-order chi connectivity index (χ1) is 9.59. The lowest BCUT2D eigenvalue weighted by Gasteiger charge is -2.20. The molecule has 0 aromatic carbocycles. The van der Waals surface area contributed by atoms with Crippen molar-refractivity contribution in [3.63, 3.8) is 0 Å². The lowest BCUT2D eigenvalue weighted by molar-refractivity contribution is -0.131. The number of nitrogens with one attached hydrogen (secondary N) is 1. The van der Waals surface area contributed by atoms with Crippen LogP contribution < -0.4 is 5.32 Å². The molecule has 21 heavy (non-hydrogen) atoms. The van der Waals surface area contributed by atoms with Crippen LogP contribution in [0.4, 0.5) is 0 Å². The molecule has 2 aliphatic rings. The first-order valence-corrected chi connectivity index (χ1v) is 9.17. The molecule has 0 aromatic heterocycles. The van der Waals surface area contributed by atoms with E-state index >= 15 is 0 Å². The fourth-order valence-electron chi connectivity index (χ4n) is 2.75. The Kier molecular flexibility index (Phi) is 7.94. The van der Waals surface area contributed by atoms with E-state index in [4.69, 9.17) is 0 Å². The highest BCUT2D eigenvalue weighted by Crippen LogP contribution is 2.14. The Bertz CT molecular complexity index is 416. The number of rotatable bonds is 5. The molecule has 0 saturated carbocycles. The number of carbonyl (C=O) groups excluding carboxylic acids is 1. The van der Waals surface area contributed by atoms with E-state index in [2.05, 4.69) is 5.32 Å². The summed E-state index contributed by atoms with van der Waals surface area (Å²) in [5, 5.41) is 3.25. The second-order valence-electron chi connectivity index (χ2n) is 5.51. The van der Waals surface area contributed by atoms with E-state index in [0.29, 0.717) is 25.9 Å². The average Bonchev–Trinajstić information content (AvgIpc) is 2.82. The molecule has 124 valence electrons. The average molecular weight is 340 g/mol. The fourth-order valence-corrected chi connectivity index (χ4v) is 4.34. The van der Waals surface area contributed by atoms with Crippen molar-refractivity contribution < 1.29 is 13.2 Å². The molecule has 2 aliphatic heterocycles. The summed E-state index contributed by atoms with van der Waals surface area (Å²) >= 11 is 0.